The van der Waals surface area contributed by atoms with Crippen LogP contribution in [-0.4, -0.2) is 20.3 Å². The van der Waals surface area contributed by atoms with Gasteiger partial charge in [0.05, 0.1) is 4.90 Å². The van der Waals surface area contributed by atoms with E-state index < -0.39 is 21.0 Å². The van der Waals surface area contributed by atoms with E-state index in [4.69, 9.17) is 0 Å². The summed E-state index contributed by atoms with van der Waals surface area (Å²) in [4.78, 5) is 0.230. The molecular weight excluding hydrogens is 229 g/mol. The van der Waals surface area contributed by atoms with Crippen molar-refractivity contribution in [2.45, 2.75) is 30.0 Å². The molecule has 1 atom stereocenters. The van der Waals surface area contributed by atoms with E-state index in [0.717, 1.165) is 13.0 Å². The number of benzene rings is 1. The highest BCUT2D eigenvalue weighted by molar-refractivity contribution is 7.92. The first-order chi connectivity index (χ1) is 7.51. The zero-order valence-electron chi connectivity index (χ0n) is 9.03. The Kier molecular flexibility index (Phi) is 2.99. The highest BCUT2D eigenvalue weighted by Crippen LogP contribution is 2.24. The predicted molar refractivity (Wildman–Crippen MR) is 59.3 cm³/mol. The normalized spacial score (nSPS) is 21.2. The van der Waals surface area contributed by atoms with Gasteiger partial charge in [-0.1, -0.05) is 0 Å². The molecule has 0 spiro atoms. The van der Waals surface area contributed by atoms with Crippen molar-refractivity contribution in [1.29, 1.82) is 0 Å². The van der Waals surface area contributed by atoms with Gasteiger partial charge in [-0.15, -0.1) is 0 Å². The second-order valence-electron chi connectivity index (χ2n) is 4.04. The number of sulfone groups is 1. The molecular formula is C11H14FNO2S. The minimum Gasteiger partial charge on any atom is -0.301 e. The molecule has 1 aliphatic rings. The molecule has 1 N–H and O–H groups in total. The SMILES string of the molecule is Cc1cc(F)ccc1S(=O)(=O)C1CCCN1. The van der Waals surface area contributed by atoms with Crippen molar-refractivity contribution in [1.82, 2.24) is 5.32 Å². The van der Waals surface area contributed by atoms with Crippen molar-refractivity contribution >= 4 is 9.84 Å². The van der Waals surface area contributed by atoms with Crippen LogP contribution >= 0.6 is 0 Å². The zero-order chi connectivity index (χ0) is 11.8. The van der Waals surface area contributed by atoms with E-state index in [9.17, 15) is 12.8 Å². The summed E-state index contributed by atoms with van der Waals surface area (Å²) in [6, 6.07) is 3.79. The number of hydrogen-bond donors (Lipinski definition) is 1. The summed E-state index contributed by atoms with van der Waals surface area (Å²) in [5.41, 5.74) is 0.466. The van der Waals surface area contributed by atoms with Crippen LogP contribution in [0.3, 0.4) is 0 Å². The van der Waals surface area contributed by atoms with Gasteiger partial charge in [-0.05, 0) is 50.1 Å². The van der Waals surface area contributed by atoms with Gasteiger partial charge < -0.3 is 5.32 Å². The molecule has 88 valence electrons. The molecule has 1 unspecified atom stereocenters. The van der Waals surface area contributed by atoms with Gasteiger partial charge >= 0.3 is 0 Å². The van der Waals surface area contributed by atoms with Crippen LogP contribution in [0.1, 0.15) is 18.4 Å². The second-order valence-corrected chi connectivity index (χ2v) is 6.14. The average molecular weight is 243 g/mol. The minimum atomic E-state index is -3.36. The first kappa shape index (κ1) is 11.5. The molecule has 3 nitrogen and oxygen atoms in total. The molecule has 1 fully saturated rings. The minimum absolute atomic E-state index is 0.230. The number of aryl methyl sites for hydroxylation is 1. The van der Waals surface area contributed by atoms with Crippen molar-refractivity contribution in [3.8, 4) is 0 Å². The van der Waals surface area contributed by atoms with Gasteiger partial charge in [-0.2, -0.15) is 0 Å². The molecule has 5 heteroatoms. The third-order valence-corrected chi connectivity index (χ3v) is 5.06. The van der Waals surface area contributed by atoms with Crippen molar-refractivity contribution in [3.63, 3.8) is 0 Å². The molecule has 0 bridgehead atoms. The Hall–Kier alpha value is -0.940. The van der Waals surface area contributed by atoms with E-state index >= 15 is 0 Å². The van der Waals surface area contributed by atoms with E-state index in [1.165, 1.54) is 18.2 Å². The van der Waals surface area contributed by atoms with E-state index in [-0.39, 0.29) is 4.90 Å². The first-order valence-corrected chi connectivity index (χ1v) is 6.80. The fourth-order valence-electron chi connectivity index (χ4n) is 2.00. The third-order valence-electron chi connectivity index (χ3n) is 2.83. The van der Waals surface area contributed by atoms with E-state index in [0.29, 0.717) is 12.0 Å². The van der Waals surface area contributed by atoms with Gasteiger partial charge in [0.15, 0.2) is 9.84 Å². The molecule has 0 aromatic heterocycles. The van der Waals surface area contributed by atoms with Crippen LogP contribution < -0.4 is 5.32 Å². The molecule has 1 aliphatic heterocycles. The van der Waals surface area contributed by atoms with Crippen LogP contribution in [0.15, 0.2) is 23.1 Å². The lowest BCUT2D eigenvalue weighted by Crippen LogP contribution is -2.31. The molecule has 1 aromatic carbocycles. The molecule has 16 heavy (non-hydrogen) atoms. The topological polar surface area (TPSA) is 46.2 Å². The standard InChI is InChI=1S/C11H14FNO2S/c1-8-7-9(12)4-5-10(8)16(14,15)11-3-2-6-13-11/h4-5,7,11,13H,2-3,6H2,1H3. The first-order valence-electron chi connectivity index (χ1n) is 5.25. The van der Waals surface area contributed by atoms with Crippen LogP contribution in [0.25, 0.3) is 0 Å². The number of rotatable bonds is 2. The fraction of sp³-hybridized carbons (Fsp3) is 0.455. The maximum atomic E-state index is 12.9. The fourth-order valence-corrected chi connectivity index (χ4v) is 3.89. The van der Waals surface area contributed by atoms with E-state index in [2.05, 4.69) is 5.32 Å². The average Bonchev–Trinajstić information content (AvgIpc) is 2.69. The van der Waals surface area contributed by atoms with Gasteiger partial charge in [0, 0.05) is 0 Å². The lowest BCUT2D eigenvalue weighted by Gasteiger charge is -2.13. The summed E-state index contributed by atoms with van der Waals surface area (Å²) < 4.78 is 37.3. The Labute approximate surface area is 94.6 Å². The molecule has 1 saturated heterocycles. The Balaban J connectivity index is 2.42. The van der Waals surface area contributed by atoms with Crippen LogP contribution in [0, 0.1) is 12.7 Å². The molecule has 0 aliphatic carbocycles. The lowest BCUT2D eigenvalue weighted by molar-refractivity contribution is 0.570. The van der Waals surface area contributed by atoms with E-state index in [1.807, 2.05) is 0 Å². The van der Waals surface area contributed by atoms with Crippen molar-refractivity contribution in [3.05, 3.63) is 29.6 Å². The Bertz CT molecular complexity index is 493. The van der Waals surface area contributed by atoms with Gasteiger partial charge in [0.1, 0.15) is 11.2 Å². The molecule has 2 rings (SSSR count). The highest BCUT2D eigenvalue weighted by Gasteiger charge is 2.30. The maximum absolute atomic E-state index is 12.9. The Morgan fingerprint density at radius 2 is 2.19 bits per heavy atom. The highest BCUT2D eigenvalue weighted by atomic mass is 32.2. The summed E-state index contributed by atoms with van der Waals surface area (Å²) in [7, 11) is -3.36. The van der Waals surface area contributed by atoms with Gasteiger partial charge in [0.25, 0.3) is 0 Å². The number of nitrogens with one attached hydrogen (secondary N) is 1. The van der Waals surface area contributed by atoms with Crippen molar-refractivity contribution in [2.75, 3.05) is 6.54 Å². The summed E-state index contributed by atoms with van der Waals surface area (Å²) in [5, 5.41) is 2.44. The predicted octanol–water partition coefficient (Wildman–Crippen LogP) is 1.62. The molecule has 0 saturated carbocycles. The smallest absolute Gasteiger partial charge is 0.194 e. The van der Waals surface area contributed by atoms with Gasteiger partial charge in [0.2, 0.25) is 0 Å². The second kappa shape index (κ2) is 4.14. The largest absolute Gasteiger partial charge is 0.301 e. The lowest BCUT2D eigenvalue weighted by atomic mass is 10.2. The van der Waals surface area contributed by atoms with E-state index in [1.54, 1.807) is 6.92 Å². The van der Waals surface area contributed by atoms with Gasteiger partial charge in [-0.25, -0.2) is 12.8 Å². The quantitative estimate of drug-likeness (QED) is 0.803. The third kappa shape index (κ3) is 1.97. The summed E-state index contributed by atoms with van der Waals surface area (Å²) in [6.45, 7) is 2.34. The van der Waals surface area contributed by atoms with Crippen LogP contribution in [0.2, 0.25) is 0 Å². The molecule has 0 amide bonds. The Morgan fingerprint density at radius 3 is 2.75 bits per heavy atom. The molecule has 1 heterocycles. The molecule has 1 aromatic rings. The van der Waals surface area contributed by atoms with Crippen molar-refractivity contribution in [2.24, 2.45) is 0 Å². The van der Waals surface area contributed by atoms with Crippen LogP contribution in [-0.2, 0) is 9.84 Å². The summed E-state index contributed by atoms with van der Waals surface area (Å²) >= 11 is 0. The number of halogens is 1. The van der Waals surface area contributed by atoms with Gasteiger partial charge in [-0.3, -0.25) is 0 Å². The monoisotopic (exact) mass is 243 g/mol. The van der Waals surface area contributed by atoms with Crippen LogP contribution in [0.4, 0.5) is 4.39 Å². The number of hydrogen-bond acceptors (Lipinski definition) is 3. The van der Waals surface area contributed by atoms with Crippen molar-refractivity contribution < 1.29 is 12.8 Å². The Morgan fingerprint density at radius 1 is 1.44 bits per heavy atom. The summed E-state index contributed by atoms with van der Waals surface area (Å²) in [5.74, 6) is -0.407. The van der Waals surface area contributed by atoms with Crippen LogP contribution in [0.5, 0.6) is 0 Å². The summed E-state index contributed by atoms with van der Waals surface area (Å²) in [6.07, 6.45) is 1.49. The maximum Gasteiger partial charge on any atom is 0.194 e. The molecule has 0 radical (unpaired) electrons. The zero-order valence-corrected chi connectivity index (χ0v) is 9.85.